The second kappa shape index (κ2) is 10.7. The van der Waals surface area contributed by atoms with Gasteiger partial charge in [0.2, 0.25) is 0 Å². The molecule has 8 nitrogen and oxygen atoms in total. The lowest BCUT2D eigenvalue weighted by atomic mass is 10.1. The van der Waals surface area contributed by atoms with Crippen molar-refractivity contribution in [3.05, 3.63) is 66.1 Å². The van der Waals surface area contributed by atoms with Crippen LogP contribution in [-0.2, 0) is 0 Å². The van der Waals surface area contributed by atoms with E-state index in [4.69, 9.17) is 14.2 Å². The number of aromatic nitrogens is 2. The average Bonchev–Trinajstić information content (AvgIpc) is 2.80. The maximum absolute atomic E-state index is 12.5. The molecule has 0 saturated heterocycles. The summed E-state index contributed by atoms with van der Waals surface area (Å²) in [4.78, 5) is 21.1. The Labute approximate surface area is 180 Å². The fourth-order valence-electron chi connectivity index (χ4n) is 2.80. The number of amides is 1. The van der Waals surface area contributed by atoms with Crippen LogP contribution >= 0.6 is 0 Å². The number of benzene rings is 2. The zero-order valence-corrected chi connectivity index (χ0v) is 17.7. The van der Waals surface area contributed by atoms with Crippen LogP contribution in [0.1, 0.15) is 29.9 Å². The molecule has 160 valence electrons. The molecule has 2 aromatic carbocycles. The molecule has 8 heteroatoms. The van der Waals surface area contributed by atoms with Crippen molar-refractivity contribution < 1.29 is 19.0 Å². The summed E-state index contributed by atoms with van der Waals surface area (Å²) in [6, 6.07) is 12.8. The first-order valence-electron chi connectivity index (χ1n) is 9.84. The van der Waals surface area contributed by atoms with Gasteiger partial charge in [0.1, 0.15) is 22.9 Å². The Hall–Kier alpha value is -3.94. The predicted molar refractivity (Wildman–Crippen MR) is 118 cm³/mol. The summed E-state index contributed by atoms with van der Waals surface area (Å²) in [6.07, 6.45) is 4.49. The maximum atomic E-state index is 12.5. The molecule has 0 bridgehead atoms. The Balaban J connectivity index is 1.78. The molecule has 1 amide bonds. The van der Waals surface area contributed by atoms with Gasteiger partial charge in [-0.15, -0.1) is 0 Å². The Morgan fingerprint density at radius 2 is 1.90 bits per heavy atom. The molecule has 1 N–H and O–H groups in total. The molecule has 1 heterocycles. The number of nitrogens with one attached hydrogen (secondary N) is 1. The average molecular weight is 420 g/mol. The van der Waals surface area contributed by atoms with E-state index in [2.05, 4.69) is 20.5 Å². The summed E-state index contributed by atoms with van der Waals surface area (Å²) in [5.74, 6) is 1.53. The molecule has 3 aromatic rings. The summed E-state index contributed by atoms with van der Waals surface area (Å²) >= 11 is 0. The summed E-state index contributed by atoms with van der Waals surface area (Å²) in [5.41, 5.74) is 4.61. The van der Waals surface area contributed by atoms with Gasteiger partial charge >= 0.3 is 0 Å². The first kappa shape index (κ1) is 21.8. The quantitative estimate of drug-likeness (QED) is 0.419. The van der Waals surface area contributed by atoms with Crippen molar-refractivity contribution in [2.75, 3.05) is 20.3 Å². The standard InChI is InChI=1S/C23H24N4O4/c1-4-30-18-9-10-19(22(12-18)31-5-2)20-14-24-15-21(26-20)23(28)27-25-13-16-7-6-8-17(11-16)29-3/h6-15H,4-5H2,1-3H3,(H,27,28)/b25-13+. The Kier molecular flexibility index (Phi) is 7.53. The molecule has 31 heavy (non-hydrogen) atoms. The lowest BCUT2D eigenvalue weighted by Crippen LogP contribution is -2.19. The Morgan fingerprint density at radius 1 is 1.06 bits per heavy atom. The SMILES string of the molecule is CCOc1ccc(-c2cncc(C(=O)N/N=C/c3cccc(OC)c3)n2)c(OCC)c1. The van der Waals surface area contributed by atoms with Gasteiger partial charge in [-0.05, 0) is 43.7 Å². The normalized spacial score (nSPS) is 10.7. The van der Waals surface area contributed by atoms with E-state index in [0.717, 1.165) is 5.56 Å². The second-order valence-corrected chi connectivity index (χ2v) is 6.29. The van der Waals surface area contributed by atoms with Crippen molar-refractivity contribution in [2.45, 2.75) is 13.8 Å². The number of nitrogens with zero attached hydrogens (tertiary/aromatic N) is 3. The zero-order chi connectivity index (χ0) is 22.1. The molecule has 0 spiro atoms. The highest BCUT2D eigenvalue weighted by Gasteiger charge is 2.13. The Morgan fingerprint density at radius 3 is 2.68 bits per heavy atom. The van der Waals surface area contributed by atoms with Crippen LogP contribution < -0.4 is 19.6 Å². The van der Waals surface area contributed by atoms with Crippen molar-refractivity contribution in [1.29, 1.82) is 0 Å². The monoisotopic (exact) mass is 420 g/mol. The summed E-state index contributed by atoms with van der Waals surface area (Å²) in [7, 11) is 1.59. The van der Waals surface area contributed by atoms with E-state index in [1.54, 1.807) is 25.4 Å². The number of rotatable bonds is 9. The van der Waals surface area contributed by atoms with Crippen LogP contribution in [-0.4, -0.2) is 42.4 Å². The third-order valence-corrected chi connectivity index (χ3v) is 4.18. The minimum absolute atomic E-state index is 0.136. The van der Waals surface area contributed by atoms with Crippen LogP contribution in [0, 0.1) is 0 Å². The van der Waals surface area contributed by atoms with Gasteiger partial charge in [-0.25, -0.2) is 10.4 Å². The third-order valence-electron chi connectivity index (χ3n) is 4.18. The number of hydrazone groups is 1. The molecule has 0 aliphatic carbocycles. The number of hydrogen-bond donors (Lipinski definition) is 1. The van der Waals surface area contributed by atoms with Crippen LogP contribution in [0.3, 0.4) is 0 Å². The molecule has 0 aliphatic rings. The van der Waals surface area contributed by atoms with Crippen molar-refractivity contribution in [2.24, 2.45) is 5.10 Å². The molecule has 3 rings (SSSR count). The van der Waals surface area contributed by atoms with Gasteiger partial charge in [0.05, 0.1) is 44.6 Å². The van der Waals surface area contributed by atoms with Crippen molar-refractivity contribution in [3.8, 4) is 28.5 Å². The van der Waals surface area contributed by atoms with Gasteiger partial charge < -0.3 is 14.2 Å². The van der Waals surface area contributed by atoms with Crippen LogP contribution in [0.15, 0.2) is 60.0 Å². The minimum atomic E-state index is -0.475. The molecule has 1 aromatic heterocycles. The van der Waals surface area contributed by atoms with E-state index in [1.807, 2.05) is 44.2 Å². The highest BCUT2D eigenvalue weighted by molar-refractivity contribution is 5.93. The first-order valence-corrected chi connectivity index (χ1v) is 9.84. The predicted octanol–water partition coefficient (Wildman–Crippen LogP) is 3.71. The summed E-state index contributed by atoms with van der Waals surface area (Å²) in [6.45, 7) is 4.84. The van der Waals surface area contributed by atoms with Crippen LogP contribution in [0.4, 0.5) is 0 Å². The summed E-state index contributed by atoms with van der Waals surface area (Å²) in [5, 5.41) is 3.99. The molecule has 0 saturated carbocycles. The highest BCUT2D eigenvalue weighted by atomic mass is 16.5. The molecule has 0 fully saturated rings. The number of methoxy groups -OCH3 is 1. The van der Waals surface area contributed by atoms with Crippen molar-refractivity contribution in [1.82, 2.24) is 15.4 Å². The smallest absolute Gasteiger partial charge is 0.291 e. The summed E-state index contributed by atoms with van der Waals surface area (Å²) < 4.78 is 16.4. The van der Waals surface area contributed by atoms with Gasteiger partial charge in [-0.3, -0.25) is 9.78 Å². The van der Waals surface area contributed by atoms with Gasteiger partial charge in [0, 0.05) is 11.6 Å². The van der Waals surface area contributed by atoms with Crippen molar-refractivity contribution >= 4 is 12.1 Å². The second-order valence-electron chi connectivity index (χ2n) is 6.29. The van der Waals surface area contributed by atoms with Crippen LogP contribution in [0.5, 0.6) is 17.2 Å². The molecule has 0 aliphatic heterocycles. The zero-order valence-electron chi connectivity index (χ0n) is 17.7. The largest absolute Gasteiger partial charge is 0.497 e. The lowest BCUT2D eigenvalue weighted by molar-refractivity contribution is 0.0950. The van der Waals surface area contributed by atoms with E-state index >= 15 is 0 Å². The number of carbonyl (C=O) groups excluding carboxylic acids is 1. The van der Waals surface area contributed by atoms with E-state index < -0.39 is 5.91 Å². The first-order chi connectivity index (χ1) is 15.1. The molecular weight excluding hydrogens is 396 g/mol. The number of ether oxygens (including phenoxy) is 3. The molecule has 0 atom stereocenters. The Bertz CT molecular complexity index is 1070. The van der Waals surface area contributed by atoms with E-state index in [9.17, 15) is 4.79 Å². The van der Waals surface area contributed by atoms with Crippen LogP contribution in [0.2, 0.25) is 0 Å². The fraction of sp³-hybridized carbons (Fsp3) is 0.217. The van der Waals surface area contributed by atoms with Gasteiger partial charge in [-0.2, -0.15) is 5.10 Å². The number of hydrogen-bond acceptors (Lipinski definition) is 7. The van der Waals surface area contributed by atoms with Gasteiger partial charge in [0.15, 0.2) is 0 Å². The van der Waals surface area contributed by atoms with Gasteiger partial charge in [0.25, 0.3) is 5.91 Å². The molecule has 0 unspecified atom stereocenters. The third kappa shape index (κ3) is 5.79. The van der Waals surface area contributed by atoms with Crippen LogP contribution in [0.25, 0.3) is 11.3 Å². The van der Waals surface area contributed by atoms with E-state index in [0.29, 0.717) is 41.7 Å². The van der Waals surface area contributed by atoms with Gasteiger partial charge in [-0.1, -0.05) is 12.1 Å². The van der Waals surface area contributed by atoms with Crippen molar-refractivity contribution in [3.63, 3.8) is 0 Å². The highest BCUT2D eigenvalue weighted by Crippen LogP contribution is 2.32. The topological polar surface area (TPSA) is 94.9 Å². The minimum Gasteiger partial charge on any atom is -0.497 e. The lowest BCUT2D eigenvalue weighted by Gasteiger charge is -2.12. The fourth-order valence-corrected chi connectivity index (χ4v) is 2.80. The maximum Gasteiger partial charge on any atom is 0.291 e. The molecular formula is C23H24N4O4. The van der Waals surface area contributed by atoms with E-state index in [-0.39, 0.29) is 5.69 Å². The molecule has 0 radical (unpaired) electrons. The number of carbonyl (C=O) groups is 1. The van der Waals surface area contributed by atoms with E-state index in [1.165, 1.54) is 12.4 Å².